The third-order valence-corrected chi connectivity index (χ3v) is 2.93. The van der Waals surface area contributed by atoms with Crippen LogP contribution in [0.1, 0.15) is 25.8 Å². The van der Waals surface area contributed by atoms with Crippen molar-refractivity contribution in [3.8, 4) is 0 Å². The van der Waals surface area contributed by atoms with Gasteiger partial charge in [0.05, 0.1) is 6.61 Å². The molecule has 19 heavy (non-hydrogen) atoms. The van der Waals surface area contributed by atoms with Crippen LogP contribution in [0.3, 0.4) is 0 Å². The highest BCUT2D eigenvalue weighted by Gasteiger charge is 1.97. The molecule has 0 spiro atoms. The molecule has 0 radical (unpaired) electrons. The van der Waals surface area contributed by atoms with Crippen molar-refractivity contribution in [1.82, 2.24) is 5.32 Å². The molecule has 0 saturated heterocycles. The fraction of sp³-hybridized carbons (Fsp3) is 0.533. The van der Waals surface area contributed by atoms with Gasteiger partial charge in [0.15, 0.2) is 5.11 Å². The maximum atomic E-state index is 5.51. The maximum Gasteiger partial charge on any atom is 0.170 e. The molecule has 0 unspecified atom stereocenters. The fourth-order valence-corrected chi connectivity index (χ4v) is 1.69. The van der Waals surface area contributed by atoms with Crippen LogP contribution in [-0.2, 0) is 4.74 Å². The smallest absolute Gasteiger partial charge is 0.170 e. The SMILES string of the molecule is Cc1ccc(NC(=S)NCCOCCC(C)C)cc1. The van der Waals surface area contributed by atoms with Crippen LogP contribution in [0.15, 0.2) is 24.3 Å². The summed E-state index contributed by atoms with van der Waals surface area (Å²) in [6, 6.07) is 8.14. The zero-order valence-electron chi connectivity index (χ0n) is 12.0. The minimum Gasteiger partial charge on any atom is -0.380 e. The van der Waals surface area contributed by atoms with Crippen LogP contribution in [0.25, 0.3) is 0 Å². The molecular weight excluding hydrogens is 256 g/mol. The van der Waals surface area contributed by atoms with Crippen molar-refractivity contribution >= 4 is 23.0 Å². The van der Waals surface area contributed by atoms with Crippen LogP contribution in [0.4, 0.5) is 5.69 Å². The predicted molar refractivity (Wildman–Crippen MR) is 85.7 cm³/mol. The average Bonchev–Trinajstić information content (AvgIpc) is 2.36. The largest absolute Gasteiger partial charge is 0.380 e. The number of aryl methyl sites for hydroxylation is 1. The molecule has 106 valence electrons. The Morgan fingerprint density at radius 2 is 1.89 bits per heavy atom. The van der Waals surface area contributed by atoms with Crippen molar-refractivity contribution in [3.63, 3.8) is 0 Å². The molecule has 1 aromatic rings. The Balaban J connectivity index is 2.09. The third-order valence-electron chi connectivity index (χ3n) is 2.68. The van der Waals surface area contributed by atoms with Gasteiger partial charge in [-0.05, 0) is 43.6 Å². The molecule has 0 aliphatic carbocycles. The number of nitrogens with one attached hydrogen (secondary N) is 2. The van der Waals surface area contributed by atoms with Crippen molar-refractivity contribution < 1.29 is 4.74 Å². The van der Waals surface area contributed by atoms with E-state index in [1.54, 1.807) is 0 Å². The van der Waals surface area contributed by atoms with E-state index in [-0.39, 0.29) is 0 Å². The molecule has 0 bridgehead atoms. The quantitative estimate of drug-likeness (QED) is 0.593. The van der Waals surface area contributed by atoms with Crippen LogP contribution in [0, 0.1) is 12.8 Å². The van der Waals surface area contributed by atoms with Gasteiger partial charge in [0.1, 0.15) is 0 Å². The molecule has 0 aliphatic rings. The first kappa shape index (κ1) is 15.9. The van der Waals surface area contributed by atoms with E-state index in [2.05, 4.69) is 43.5 Å². The first-order valence-corrected chi connectivity index (χ1v) is 7.18. The fourth-order valence-electron chi connectivity index (χ4n) is 1.47. The molecule has 0 heterocycles. The van der Waals surface area contributed by atoms with Crippen LogP contribution in [-0.4, -0.2) is 24.9 Å². The van der Waals surface area contributed by atoms with Crippen molar-refractivity contribution in [1.29, 1.82) is 0 Å². The number of benzene rings is 1. The summed E-state index contributed by atoms with van der Waals surface area (Å²) in [6.45, 7) is 8.69. The Hall–Kier alpha value is -1.13. The Morgan fingerprint density at radius 1 is 1.21 bits per heavy atom. The van der Waals surface area contributed by atoms with Gasteiger partial charge in [0.2, 0.25) is 0 Å². The second-order valence-electron chi connectivity index (χ2n) is 5.04. The van der Waals surface area contributed by atoms with Crippen LogP contribution < -0.4 is 10.6 Å². The highest BCUT2D eigenvalue weighted by molar-refractivity contribution is 7.80. The summed E-state index contributed by atoms with van der Waals surface area (Å²) in [7, 11) is 0. The van der Waals surface area contributed by atoms with Gasteiger partial charge in [-0.3, -0.25) is 0 Å². The third kappa shape index (κ3) is 7.80. The van der Waals surface area contributed by atoms with Gasteiger partial charge in [-0.2, -0.15) is 0 Å². The molecule has 0 aromatic heterocycles. The molecular formula is C15H24N2OS. The molecule has 4 heteroatoms. The van der Waals surface area contributed by atoms with Gasteiger partial charge in [0, 0.05) is 18.8 Å². The Kier molecular flexibility index (Phi) is 7.45. The van der Waals surface area contributed by atoms with Crippen molar-refractivity contribution in [3.05, 3.63) is 29.8 Å². The van der Waals surface area contributed by atoms with E-state index in [4.69, 9.17) is 17.0 Å². The molecule has 0 fully saturated rings. The monoisotopic (exact) mass is 280 g/mol. The molecule has 0 aliphatic heterocycles. The van der Waals surface area contributed by atoms with Gasteiger partial charge in [-0.15, -0.1) is 0 Å². The minimum atomic E-state index is 0.635. The van der Waals surface area contributed by atoms with Crippen molar-refractivity contribution in [2.45, 2.75) is 27.2 Å². The van der Waals surface area contributed by atoms with E-state index in [0.717, 1.165) is 25.3 Å². The van der Waals surface area contributed by atoms with Crippen LogP contribution in [0.2, 0.25) is 0 Å². The zero-order chi connectivity index (χ0) is 14.1. The second-order valence-corrected chi connectivity index (χ2v) is 5.45. The number of hydrogen-bond donors (Lipinski definition) is 2. The Labute approximate surface area is 121 Å². The molecule has 1 aromatic carbocycles. The van der Waals surface area contributed by atoms with Gasteiger partial charge in [0.25, 0.3) is 0 Å². The summed E-state index contributed by atoms with van der Waals surface area (Å²) in [4.78, 5) is 0. The summed E-state index contributed by atoms with van der Waals surface area (Å²) in [6.07, 6.45) is 1.10. The number of rotatable bonds is 7. The Morgan fingerprint density at radius 3 is 2.53 bits per heavy atom. The lowest BCUT2D eigenvalue weighted by Gasteiger charge is -2.11. The second kappa shape index (κ2) is 8.88. The van der Waals surface area contributed by atoms with E-state index in [1.807, 2.05) is 12.1 Å². The van der Waals surface area contributed by atoms with E-state index >= 15 is 0 Å². The lowest BCUT2D eigenvalue weighted by atomic mass is 10.1. The normalized spacial score (nSPS) is 10.5. The molecule has 2 N–H and O–H groups in total. The van der Waals surface area contributed by atoms with E-state index in [1.165, 1.54) is 5.56 Å². The number of thiocarbonyl (C=S) groups is 1. The van der Waals surface area contributed by atoms with Crippen LogP contribution in [0.5, 0.6) is 0 Å². The summed E-state index contributed by atoms with van der Waals surface area (Å²) >= 11 is 5.21. The standard InChI is InChI=1S/C15H24N2OS/c1-12(2)8-10-18-11-9-16-15(19)17-14-6-4-13(3)5-7-14/h4-7,12H,8-11H2,1-3H3,(H2,16,17,19). The van der Waals surface area contributed by atoms with Crippen molar-refractivity contribution in [2.75, 3.05) is 25.1 Å². The first-order chi connectivity index (χ1) is 9.08. The van der Waals surface area contributed by atoms with E-state index < -0.39 is 0 Å². The number of anilines is 1. The van der Waals surface area contributed by atoms with E-state index in [9.17, 15) is 0 Å². The molecule has 3 nitrogen and oxygen atoms in total. The first-order valence-electron chi connectivity index (χ1n) is 6.77. The summed E-state index contributed by atoms with van der Waals surface area (Å²) in [5, 5.41) is 6.91. The van der Waals surface area contributed by atoms with Gasteiger partial charge < -0.3 is 15.4 Å². The highest BCUT2D eigenvalue weighted by atomic mass is 32.1. The molecule has 0 amide bonds. The number of ether oxygens (including phenoxy) is 1. The zero-order valence-corrected chi connectivity index (χ0v) is 12.8. The molecule has 0 atom stereocenters. The topological polar surface area (TPSA) is 33.3 Å². The van der Waals surface area contributed by atoms with Crippen LogP contribution >= 0.6 is 12.2 Å². The van der Waals surface area contributed by atoms with Gasteiger partial charge in [-0.25, -0.2) is 0 Å². The number of hydrogen-bond acceptors (Lipinski definition) is 2. The highest BCUT2D eigenvalue weighted by Crippen LogP contribution is 2.08. The lowest BCUT2D eigenvalue weighted by Crippen LogP contribution is -2.31. The van der Waals surface area contributed by atoms with Crippen molar-refractivity contribution in [2.24, 2.45) is 5.92 Å². The summed E-state index contributed by atoms with van der Waals surface area (Å²) in [5.74, 6) is 0.692. The van der Waals surface area contributed by atoms with Gasteiger partial charge in [-0.1, -0.05) is 31.5 Å². The van der Waals surface area contributed by atoms with E-state index in [0.29, 0.717) is 17.6 Å². The predicted octanol–water partition coefficient (Wildman–Crippen LogP) is 3.34. The summed E-state index contributed by atoms with van der Waals surface area (Å²) < 4.78 is 5.51. The average molecular weight is 280 g/mol. The minimum absolute atomic E-state index is 0.635. The Bertz CT molecular complexity index is 376. The molecule has 1 rings (SSSR count). The van der Waals surface area contributed by atoms with Gasteiger partial charge >= 0.3 is 0 Å². The lowest BCUT2D eigenvalue weighted by molar-refractivity contribution is 0.128. The molecule has 0 saturated carbocycles. The summed E-state index contributed by atoms with van der Waals surface area (Å²) in [5.41, 5.74) is 2.24. The maximum absolute atomic E-state index is 5.51.